The van der Waals surface area contributed by atoms with E-state index in [0.29, 0.717) is 10.7 Å². The highest BCUT2D eigenvalue weighted by Crippen LogP contribution is 2.28. The molecule has 0 aliphatic heterocycles. The first kappa shape index (κ1) is 19.1. The van der Waals surface area contributed by atoms with Crippen molar-refractivity contribution in [2.45, 2.75) is 64.4 Å². The number of carbonyl (C=O) groups is 2. The lowest BCUT2D eigenvalue weighted by atomic mass is 9.89. The normalized spacial score (nSPS) is 17.3. The van der Waals surface area contributed by atoms with Crippen molar-refractivity contribution in [2.75, 3.05) is 6.54 Å². The molecule has 2 aliphatic rings. The van der Waals surface area contributed by atoms with E-state index >= 15 is 0 Å². The van der Waals surface area contributed by atoms with Gasteiger partial charge in [-0.2, -0.15) is 0 Å². The SMILES string of the molecule is O=C(CNC(=O)C1CCCCC1)OCc1cc(=O)n2c3c(sc2n1)CCCC3. The van der Waals surface area contributed by atoms with Gasteiger partial charge in [0.05, 0.1) is 5.69 Å². The highest BCUT2D eigenvalue weighted by Gasteiger charge is 2.22. The number of carbonyl (C=O) groups excluding carboxylic acids is 2. The molecule has 0 unspecified atom stereocenters. The maximum Gasteiger partial charge on any atom is 0.325 e. The lowest BCUT2D eigenvalue weighted by molar-refractivity contribution is -0.145. The van der Waals surface area contributed by atoms with Crippen molar-refractivity contribution >= 4 is 28.2 Å². The van der Waals surface area contributed by atoms with Gasteiger partial charge in [-0.3, -0.25) is 18.8 Å². The van der Waals surface area contributed by atoms with Gasteiger partial charge in [-0.25, -0.2) is 4.98 Å². The summed E-state index contributed by atoms with van der Waals surface area (Å²) in [5.74, 6) is -0.578. The second-order valence-corrected chi connectivity index (χ2v) is 8.66. The highest BCUT2D eigenvalue weighted by atomic mass is 32.1. The van der Waals surface area contributed by atoms with Crippen LogP contribution in [-0.4, -0.2) is 27.8 Å². The van der Waals surface area contributed by atoms with E-state index in [9.17, 15) is 14.4 Å². The number of rotatable bonds is 5. The van der Waals surface area contributed by atoms with E-state index in [1.807, 2.05) is 0 Å². The van der Waals surface area contributed by atoms with Gasteiger partial charge in [0.1, 0.15) is 13.2 Å². The molecule has 4 rings (SSSR count). The first-order chi connectivity index (χ1) is 13.6. The number of thiazole rings is 1. The number of ether oxygens (including phenoxy) is 1. The Morgan fingerprint density at radius 3 is 2.79 bits per heavy atom. The van der Waals surface area contributed by atoms with Crippen LogP contribution in [0.4, 0.5) is 0 Å². The molecule has 0 bridgehead atoms. The summed E-state index contributed by atoms with van der Waals surface area (Å²) in [6.45, 7) is -0.212. The molecule has 0 radical (unpaired) electrons. The minimum atomic E-state index is -0.517. The Morgan fingerprint density at radius 1 is 1.18 bits per heavy atom. The van der Waals surface area contributed by atoms with Gasteiger partial charge >= 0.3 is 5.97 Å². The number of nitrogens with one attached hydrogen (secondary N) is 1. The summed E-state index contributed by atoms with van der Waals surface area (Å²) in [6, 6.07) is 1.43. The Morgan fingerprint density at radius 2 is 1.96 bits per heavy atom. The van der Waals surface area contributed by atoms with Gasteiger partial charge in [0.15, 0.2) is 4.96 Å². The molecule has 2 aliphatic carbocycles. The van der Waals surface area contributed by atoms with E-state index in [1.54, 1.807) is 15.7 Å². The van der Waals surface area contributed by atoms with Crippen LogP contribution in [0.25, 0.3) is 4.96 Å². The predicted octanol–water partition coefficient (Wildman–Crippen LogP) is 2.37. The van der Waals surface area contributed by atoms with Crippen LogP contribution in [-0.2, 0) is 33.8 Å². The summed E-state index contributed by atoms with van der Waals surface area (Å²) in [5.41, 5.74) is 1.40. The Balaban J connectivity index is 1.34. The van der Waals surface area contributed by atoms with Gasteiger partial charge in [0, 0.05) is 22.6 Å². The number of aryl methyl sites for hydroxylation is 2. The third-order valence-electron chi connectivity index (χ3n) is 5.58. The third kappa shape index (κ3) is 4.11. The average molecular weight is 404 g/mol. The average Bonchev–Trinajstić information content (AvgIpc) is 3.10. The topological polar surface area (TPSA) is 89.8 Å². The van der Waals surface area contributed by atoms with Crippen LogP contribution in [0.15, 0.2) is 10.9 Å². The lowest BCUT2D eigenvalue weighted by Gasteiger charge is -2.20. The van der Waals surface area contributed by atoms with E-state index in [-0.39, 0.29) is 30.5 Å². The quantitative estimate of drug-likeness (QED) is 0.774. The predicted molar refractivity (Wildman–Crippen MR) is 105 cm³/mol. The van der Waals surface area contributed by atoms with Crippen molar-refractivity contribution in [2.24, 2.45) is 5.92 Å². The van der Waals surface area contributed by atoms with Crippen LogP contribution in [0, 0.1) is 5.92 Å². The summed E-state index contributed by atoms with van der Waals surface area (Å²) in [4.78, 5) is 42.9. The molecule has 0 saturated heterocycles. The van der Waals surface area contributed by atoms with Crippen molar-refractivity contribution in [1.82, 2.24) is 14.7 Å². The molecule has 0 aromatic carbocycles. The molecule has 28 heavy (non-hydrogen) atoms. The highest BCUT2D eigenvalue weighted by molar-refractivity contribution is 7.17. The van der Waals surface area contributed by atoms with E-state index < -0.39 is 5.97 Å². The van der Waals surface area contributed by atoms with Crippen LogP contribution in [0.3, 0.4) is 0 Å². The second kappa shape index (κ2) is 8.43. The summed E-state index contributed by atoms with van der Waals surface area (Å²) in [5, 5.41) is 2.66. The largest absolute Gasteiger partial charge is 0.458 e. The molecule has 150 valence electrons. The van der Waals surface area contributed by atoms with Crippen molar-refractivity contribution in [3.8, 4) is 0 Å². The van der Waals surface area contributed by atoms with Crippen molar-refractivity contribution in [3.05, 3.63) is 32.7 Å². The monoisotopic (exact) mass is 403 g/mol. The minimum absolute atomic E-state index is 0.00975. The molecule has 0 spiro atoms. The number of aromatic nitrogens is 2. The number of hydrogen-bond donors (Lipinski definition) is 1. The Bertz CT molecular complexity index is 943. The molecule has 1 amide bonds. The molecule has 1 N–H and O–H groups in total. The maximum absolute atomic E-state index is 12.5. The molecular weight excluding hydrogens is 378 g/mol. The number of fused-ring (bicyclic) bond motifs is 3. The minimum Gasteiger partial charge on any atom is -0.458 e. The third-order valence-corrected chi connectivity index (χ3v) is 6.72. The number of esters is 1. The summed E-state index contributed by atoms with van der Waals surface area (Å²) in [7, 11) is 0. The number of nitrogens with zero attached hydrogens (tertiary/aromatic N) is 2. The second-order valence-electron chi connectivity index (χ2n) is 7.60. The van der Waals surface area contributed by atoms with Gasteiger partial charge in [0.2, 0.25) is 5.91 Å². The van der Waals surface area contributed by atoms with Gasteiger partial charge in [-0.05, 0) is 38.5 Å². The standard InChI is InChI=1S/C20H25N3O4S/c24-17-10-14(22-20-23(17)15-8-4-5-9-16(15)28-20)12-27-18(25)11-21-19(26)13-6-2-1-3-7-13/h10,13H,1-9,11-12H2,(H,21,26). The van der Waals surface area contributed by atoms with Crippen molar-refractivity contribution in [1.29, 1.82) is 0 Å². The zero-order chi connectivity index (χ0) is 19.5. The first-order valence-corrected chi connectivity index (χ1v) is 10.9. The van der Waals surface area contributed by atoms with Gasteiger partial charge in [-0.15, -0.1) is 11.3 Å². The molecule has 8 heteroatoms. The molecule has 1 fully saturated rings. The fourth-order valence-corrected chi connectivity index (χ4v) is 5.32. The Kier molecular flexibility index (Phi) is 5.75. The molecule has 2 aromatic rings. The van der Waals surface area contributed by atoms with E-state index in [4.69, 9.17) is 4.74 Å². The van der Waals surface area contributed by atoms with Crippen LogP contribution in [0.2, 0.25) is 0 Å². The van der Waals surface area contributed by atoms with Crippen LogP contribution in [0.1, 0.15) is 61.2 Å². The molecule has 2 aromatic heterocycles. The van der Waals surface area contributed by atoms with Crippen LogP contribution >= 0.6 is 11.3 Å². The molecule has 1 saturated carbocycles. The van der Waals surface area contributed by atoms with Crippen LogP contribution < -0.4 is 10.9 Å². The zero-order valence-electron chi connectivity index (χ0n) is 15.9. The fraction of sp³-hybridized carbons (Fsp3) is 0.600. The van der Waals surface area contributed by atoms with Crippen LogP contribution in [0.5, 0.6) is 0 Å². The van der Waals surface area contributed by atoms with E-state index in [2.05, 4.69) is 10.3 Å². The van der Waals surface area contributed by atoms with Crippen molar-refractivity contribution in [3.63, 3.8) is 0 Å². The summed E-state index contributed by atoms with van der Waals surface area (Å²) >= 11 is 1.55. The lowest BCUT2D eigenvalue weighted by Crippen LogP contribution is -2.36. The van der Waals surface area contributed by atoms with Crippen molar-refractivity contribution < 1.29 is 14.3 Å². The zero-order valence-corrected chi connectivity index (χ0v) is 16.7. The molecule has 0 atom stereocenters. The smallest absolute Gasteiger partial charge is 0.325 e. The molecule has 7 nitrogen and oxygen atoms in total. The summed E-state index contributed by atoms with van der Waals surface area (Å²) < 4.78 is 6.90. The molecular formula is C20H25N3O4S. The van der Waals surface area contributed by atoms with E-state index in [1.165, 1.54) is 17.4 Å². The summed E-state index contributed by atoms with van der Waals surface area (Å²) in [6.07, 6.45) is 9.23. The number of hydrogen-bond acceptors (Lipinski definition) is 6. The van der Waals surface area contributed by atoms with Gasteiger partial charge < -0.3 is 10.1 Å². The number of amides is 1. The Hall–Kier alpha value is -2.22. The Labute approximate surface area is 167 Å². The molecule has 2 heterocycles. The van der Waals surface area contributed by atoms with Gasteiger partial charge in [0.25, 0.3) is 5.56 Å². The first-order valence-electron chi connectivity index (χ1n) is 10.1. The van der Waals surface area contributed by atoms with E-state index in [0.717, 1.165) is 57.1 Å². The fourth-order valence-electron chi connectivity index (χ4n) is 4.09. The maximum atomic E-state index is 12.5. The van der Waals surface area contributed by atoms with Gasteiger partial charge in [-0.1, -0.05) is 19.3 Å².